The van der Waals surface area contributed by atoms with E-state index in [4.69, 9.17) is 9.97 Å². The normalized spacial score (nSPS) is 12.2. The second-order valence-corrected chi connectivity index (χ2v) is 8.70. The zero-order valence-corrected chi connectivity index (χ0v) is 15.5. The monoisotopic (exact) mass is 309 g/mol. The molecule has 0 aliphatic carbocycles. The molecule has 0 unspecified atom stereocenters. The molecule has 120 valence electrons. The molecule has 0 aliphatic heterocycles. The number of nitrogens with one attached hydrogen (secondary N) is 1. The number of hydrogen-bond acceptors (Lipinski definition) is 4. The van der Waals surface area contributed by atoms with E-state index in [9.17, 15) is 0 Å². The molecule has 1 aromatic heterocycles. The van der Waals surface area contributed by atoms with Crippen LogP contribution < -0.4 is 5.32 Å². The molecule has 0 aromatic carbocycles. The van der Waals surface area contributed by atoms with Crippen LogP contribution in [0.5, 0.6) is 0 Å². The van der Waals surface area contributed by atoms with E-state index in [-0.39, 0.29) is 4.75 Å². The van der Waals surface area contributed by atoms with Crippen molar-refractivity contribution in [3.63, 3.8) is 0 Å². The van der Waals surface area contributed by atoms with E-state index in [1.165, 1.54) is 5.56 Å². The maximum Gasteiger partial charge on any atom is 0.138 e. The Balaban J connectivity index is 2.63. The quantitative estimate of drug-likeness (QED) is 0.771. The number of thioether (sulfide) groups is 1. The molecule has 0 fully saturated rings. The summed E-state index contributed by atoms with van der Waals surface area (Å²) in [5.74, 6) is 1.86. The van der Waals surface area contributed by atoms with Crippen molar-refractivity contribution in [2.45, 2.75) is 77.8 Å². The molecule has 21 heavy (non-hydrogen) atoms. The first-order valence-electron chi connectivity index (χ1n) is 7.89. The number of nitrogens with zero attached hydrogens (tertiary/aromatic N) is 2. The smallest absolute Gasteiger partial charge is 0.138 e. The van der Waals surface area contributed by atoms with Gasteiger partial charge in [-0.1, -0.05) is 34.6 Å². The third kappa shape index (κ3) is 7.28. The molecule has 0 atom stereocenters. The van der Waals surface area contributed by atoms with Crippen molar-refractivity contribution in [2.75, 3.05) is 6.54 Å². The zero-order valence-electron chi connectivity index (χ0n) is 14.7. The third-order valence-electron chi connectivity index (χ3n) is 3.26. The van der Waals surface area contributed by atoms with Gasteiger partial charge in [0.25, 0.3) is 0 Å². The predicted octanol–water partition coefficient (Wildman–Crippen LogP) is 4.06. The lowest BCUT2D eigenvalue weighted by Gasteiger charge is -2.18. The summed E-state index contributed by atoms with van der Waals surface area (Å²) in [5.41, 5.74) is 3.62. The second kappa shape index (κ2) is 8.14. The maximum atomic E-state index is 4.70. The fraction of sp³-hybridized carbons (Fsp3) is 0.765. The Morgan fingerprint density at radius 3 is 2.14 bits per heavy atom. The SMILES string of the molecule is Cc1nc(CSC(C)(C)C)nc(C)c1CCCNC(C)C. The molecule has 0 aliphatic rings. The van der Waals surface area contributed by atoms with Crippen LogP contribution >= 0.6 is 11.8 Å². The van der Waals surface area contributed by atoms with E-state index in [2.05, 4.69) is 53.8 Å². The van der Waals surface area contributed by atoms with Gasteiger partial charge in [-0.3, -0.25) is 0 Å². The molecule has 0 amide bonds. The van der Waals surface area contributed by atoms with Gasteiger partial charge in [0.1, 0.15) is 5.82 Å². The molecule has 0 radical (unpaired) electrons. The van der Waals surface area contributed by atoms with Crippen LogP contribution in [0.3, 0.4) is 0 Å². The molecule has 0 spiro atoms. The Labute approximate surface area is 134 Å². The Hall–Kier alpha value is -0.610. The number of aromatic nitrogens is 2. The van der Waals surface area contributed by atoms with Gasteiger partial charge in [-0.2, -0.15) is 0 Å². The van der Waals surface area contributed by atoms with Gasteiger partial charge in [0.05, 0.1) is 5.75 Å². The molecule has 0 saturated carbocycles. The van der Waals surface area contributed by atoms with Gasteiger partial charge < -0.3 is 5.32 Å². The van der Waals surface area contributed by atoms with Crippen LogP contribution in [0.2, 0.25) is 0 Å². The van der Waals surface area contributed by atoms with Gasteiger partial charge in [0, 0.05) is 22.2 Å². The van der Waals surface area contributed by atoms with Crippen molar-refractivity contribution in [1.29, 1.82) is 0 Å². The minimum atomic E-state index is 0.256. The van der Waals surface area contributed by atoms with Gasteiger partial charge in [0.2, 0.25) is 0 Å². The fourth-order valence-electron chi connectivity index (χ4n) is 2.17. The lowest BCUT2D eigenvalue weighted by Crippen LogP contribution is -2.24. The second-order valence-electron chi connectivity index (χ2n) is 6.90. The summed E-state index contributed by atoms with van der Waals surface area (Å²) in [5, 5.41) is 3.46. The van der Waals surface area contributed by atoms with Crippen molar-refractivity contribution >= 4 is 11.8 Å². The van der Waals surface area contributed by atoms with Gasteiger partial charge in [-0.25, -0.2) is 9.97 Å². The molecule has 0 saturated heterocycles. The first-order valence-corrected chi connectivity index (χ1v) is 8.88. The lowest BCUT2D eigenvalue weighted by atomic mass is 10.1. The Kier molecular flexibility index (Phi) is 7.14. The Morgan fingerprint density at radius 1 is 1.10 bits per heavy atom. The zero-order chi connectivity index (χ0) is 16.0. The highest BCUT2D eigenvalue weighted by atomic mass is 32.2. The summed E-state index contributed by atoms with van der Waals surface area (Å²) < 4.78 is 0.256. The van der Waals surface area contributed by atoms with E-state index in [0.29, 0.717) is 6.04 Å². The van der Waals surface area contributed by atoms with Gasteiger partial charge in [-0.05, 0) is 38.8 Å². The number of hydrogen-bond donors (Lipinski definition) is 1. The van der Waals surface area contributed by atoms with Crippen molar-refractivity contribution in [3.8, 4) is 0 Å². The Morgan fingerprint density at radius 2 is 1.67 bits per heavy atom. The molecule has 1 rings (SSSR count). The standard InChI is InChI=1S/C17H31N3S/c1-12(2)18-10-8-9-15-13(3)19-16(20-14(15)4)11-21-17(5,6)7/h12,18H,8-11H2,1-7H3. The number of rotatable bonds is 7. The van der Waals surface area contributed by atoms with E-state index >= 15 is 0 Å². The Bertz CT molecular complexity index is 427. The van der Waals surface area contributed by atoms with Crippen molar-refractivity contribution in [2.24, 2.45) is 0 Å². The largest absolute Gasteiger partial charge is 0.315 e. The minimum absolute atomic E-state index is 0.256. The lowest BCUT2D eigenvalue weighted by molar-refractivity contribution is 0.569. The van der Waals surface area contributed by atoms with Crippen LogP contribution in [0.25, 0.3) is 0 Å². The van der Waals surface area contributed by atoms with E-state index in [1.807, 2.05) is 11.8 Å². The maximum absolute atomic E-state index is 4.70. The van der Waals surface area contributed by atoms with Crippen molar-refractivity contribution in [1.82, 2.24) is 15.3 Å². The average molecular weight is 310 g/mol. The van der Waals surface area contributed by atoms with Crippen molar-refractivity contribution in [3.05, 3.63) is 22.8 Å². The highest BCUT2D eigenvalue weighted by molar-refractivity contribution is 7.99. The first-order chi connectivity index (χ1) is 9.69. The van der Waals surface area contributed by atoms with Gasteiger partial charge in [-0.15, -0.1) is 11.8 Å². The number of aryl methyl sites for hydroxylation is 2. The van der Waals surface area contributed by atoms with Crippen LogP contribution in [-0.2, 0) is 12.2 Å². The minimum Gasteiger partial charge on any atom is -0.315 e. The highest BCUT2D eigenvalue weighted by Crippen LogP contribution is 2.26. The molecule has 4 heteroatoms. The van der Waals surface area contributed by atoms with Crippen LogP contribution in [0.15, 0.2) is 0 Å². The summed E-state index contributed by atoms with van der Waals surface area (Å²) in [6, 6.07) is 0.556. The van der Waals surface area contributed by atoms with Gasteiger partial charge in [0.15, 0.2) is 0 Å². The summed E-state index contributed by atoms with van der Waals surface area (Å²) in [6.07, 6.45) is 2.20. The van der Waals surface area contributed by atoms with Crippen LogP contribution in [0.1, 0.15) is 63.8 Å². The molecular formula is C17H31N3S. The molecule has 1 heterocycles. The summed E-state index contributed by atoms with van der Waals surface area (Å²) in [7, 11) is 0. The summed E-state index contributed by atoms with van der Waals surface area (Å²) >= 11 is 1.90. The van der Waals surface area contributed by atoms with Crippen LogP contribution in [-0.4, -0.2) is 27.3 Å². The molecule has 3 nitrogen and oxygen atoms in total. The highest BCUT2D eigenvalue weighted by Gasteiger charge is 2.13. The van der Waals surface area contributed by atoms with Crippen LogP contribution in [0.4, 0.5) is 0 Å². The van der Waals surface area contributed by atoms with Crippen molar-refractivity contribution < 1.29 is 0 Å². The molecular weight excluding hydrogens is 278 g/mol. The first kappa shape index (κ1) is 18.4. The summed E-state index contributed by atoms with van der Waals surface area (Å²) in [4.78, 5) is 9.40. The molecule has 0 bridgehead atoms. The van der Waals surface area contributed by atoms with Gasteiger partial charge >= 0.3 is 0 Å². The van der Waals surface area contributed by atoms with Crippen LogP contribution in [0, 0.1) is 13.8 Å². The van der Waals surface area contributed by atoms with E-state index in [1.54, 1.807) is 0 Å². The topological polar surface area (TPSA) is 37.8 Å². The summed E-state index contributed by atoms with van der Waals surface area (Å²) in [6.45, 7) is 16.3. The molecule has 1 aromatic rings. The van der Waals surface area contributed by atoms with E-state index < -0.39 is 0 Å². The van der Waals surface area contributed by atoms with E-state index in [0.717, 1.165) is 42.4 Å². The predicted molar refractivity (Wildman–Crippen MR) is 94.0 cm³/mol. The average Bonchev–Trinajstić information content (AvgIpc) is 2.33. The third-order valence-corrected chi connectivity index (χ3v) is 4.53. The fourth-order valence-corrected chi connectivity index (χ4v) is 2.86. The molecule has 1 N–H and O–H groups in total.